The van der Waals surface area contributed by atoms with Crippen LogP contribution in [0.25, 0.3) is 10.9 Å². The van der Waals surface area contributed by atoms with Crippen LogP contribution in [0.1, 0.15) is 12.8 Å². The van der Waals surface area contributed by atoms with Gasteiger partial charge in [-0.1, -0.05) is 18.2 Å². The molecule has 0 bridgehead atoms. The molecular weight excluding hydrogens is 274 g/mol. The molecule has 0 aliphatic heterocycles. The number of pyridine rings is 1. The first-order valence-corrected chi connectivity index (χ1v) is 6.22. The second kappa shape index (κ2) is 6.47. The molecule has 0 saturated heterocycles. The fourth-order valence-electron chi connectivity index (χ4n) is 1.71. The van der Waals surface area contributed by atoms with Gasteiger partial charge in [0.05, 0.1) is 23.8 Å². The van der Waals surface area contributed by atoms with Crippen molar-refractivity contribution >= 4 is 34.5 Å². The smallest absolute Gasteiger partial charge is 0.325 e. The van der Waals surface area contributed by atoms with Crippen molar-refractivity contribution in [2.24, 2.45) is 0 Å². The first-order chi connectivity index (χ1) is 10.0. The number of imide groups is 1. The van der Waals surface area contributed by atoms with Gasteiger partial charge in [0, 0.05) is 11.8 Å². The van der Waals surface area contributed by atoms with Gasteiger partial charge in [-0.2, -0.15) is 0 Å². The van der Waals surface area contributed by atoms with E-state index in [1.54, 1.807) is 6.07 Å². The van der Waals surface area contributed by atoms with Gasteiger partial charge in [0.25, 0.3) is 0 Å². The highest BCUT2D eigenvalue weighted by molar-refractivity contribution is 6.02. The van der Waals surface area contributed by atoms with E-state index in [0.29, 0.717) is 5.69 Å². The second-order valence-corrected chi connectivity index (χ2v) is 4.31. The lowest BCUT2D eigenvalue weighted by atomic mass is 10.2. The molecule has 0 radical (unpaired) electrons. The third kappa shape index (κ3) is 4.27. The number of hydrogen-bond acceptors (Lipinski definition) is 4. The molecule has 0 spiro atoms. The minimum atomic E-state index is -1.09. The highest BCUT2D eigenvalue weighted by Gasteiger charge is 2.10. The molecule has 21 heavy (non-hydrogen) atoms. The van der Waals surface area contributed by atoms with E-state index in [1.807, 2.05) is 24.3 Å². The summed E-state index contributed by atoms with van der Waals surface area (Å²) in [6, 6.07) is 8.41. The van der Waals surface area contributed by atoms with E-state index in [0.717, 1.165) is 10.9 Å². The topological polar surface area (TPSA) is 108 Å². The zero-order chi connectivity index (χ0) is 15.2. The van der Waals surface area contributed by atoms with Gasteiger partial charge in [-0.25, -0.2) is 4.79 Å². The lowest BCUT2D eigenvalue weighted by molar-refractivity contribution is -0.138. The Morgan fingerprint density at radius 1 is 1.14 bits per heavy atom. The van der Waals surface area contributed by atoms with Crippen LogP contribution in [0.15, 0.2) is 36.5 Å². The number of aromatic nitrogens is 1. The molecule has 0 aliphatic carbocycles. The Bertz CT molecular complexity index is 699. The number of carboxylic acid groups (broad SMARTS) is 1. The van der Waals surface area contributed by atoms with Crippen LogP contribution in [0, 0.1) is 0 Å². The average Bonchev–Trinajstić information content (AvgIpc) is 2.45. The summed E-state index contributed by atoms with van der Waals surface area (Å²) in [6.45, 7) is 0. The summed E-state index contributed by atoms with van der Waals surface area (Å²) < 4.78 is 0. The number of carbonyl (C=O) groups is 3. The molecule has 0 aliphatic rings. The molecule has 0 fully saturated rings. The summed E-state index contributed by atoms with van der Waals surface area (Å²) in [4.78, 5) is 37.4. The minimum absolute atomic E-state index is 0.251. The third-order valence-electron chi connectivity index (χ3n) is 2.67. The fourth-order valence-corrected chi connectivity index (χ4v) is 1.71. The van der Waals surface area contributed by atoms with Crippen LogP contribution < -0.4 is 10.6 Å². The minimum Gasteiger partial charge on any atom is -0.481 e. The predicted octanol–water partition coefficient (Wildman–Crippen LogP) is 1.75. The lowest BCUT2D eigenvalue weighted by Crippen LogP contribution is -2.34. The van der Waals surface area contributed by atoms with E-state index in [-0.39, 0.29) is 12.8 Å². The number of carboxylic acids is 1. The molecule has 0 atom stereocenters. The molecule has 2 aromatic rings. The molecular formula is C14H13N3O4. The monoisotopic (exact) mass is 287 g/mol. The van der Waals surface area contributed by atoms with Crippen molar-refractivity contribution in [2.75, 3.05) is 5.32 Å². The molecule has 7 heteroatoms. The SMILES string of the molecule is O=C(O)CCC(=O)NC(=O)Nc1cnc2ccccc2c1. The summed E-state index contributed by atoms with van der Waals surface area (Å²) >= 11 is 0. The van der Waals surface area contributed by atoms with E-state index < -0.39 is 17.9 Å². The van der Waals surface area contributed by atoms with Crippen LogP contribution in [-0.2, 0) is 9.59 Å². The van der Waals surface area contributed by atoms with Crippen molar-refractivity contribution in [2.45, 2.75) is 12.8 Å². The molecule has 0 saturated carbocycles. The molecule has 1 heterocycles. The number of amides is 3. The highest BCUT2D eigenvalue weighted by atomic mass is 16.4. The average molecular weight is 287 g/mol. The number of nitrogens with zero attached hydrogens (tertiary/aromatic N) is 1. The maximum atomic E-state index is 11.6. The van der Waals surface area contributed by atoms with Crippen LogP contribution in [0.3, 0.4) is 0 Å². The number of aliphatic carboxylic acids is 1. The zero-order valence-electron chi connectivity index (χ0n) is 11.0. The zero-order valence-corrected chi connectivity index (χ0v) is 11.0. The summed E-state index contributed by atoms with van der Waals surface area (Å²) in [6.07, 6.45) is 0.902. The molecule has 7 nitrogen and oxygen atoms in total. The van der Waals surface area contributed by atoms with Crippen LogP contribution in [0.4, 0.5) is 10.5 Å². The Labute approximate surface area is 120 Å². The van der Waals surface area contributed by atoms with Crippen molar-refractivity contribution in [3.8, 4) is 0 Å². The van der Waals surface area contributed by atoms with Crippen LogP contribution >= 0.6 is 0 Å². The van der Waals surface area contributed by atoms with Gasteiger partial charge in [0.2, 0.25) is 5.91 Å². The number of rotatable bonds is 4. The largest absolute Gasteiger partial charge is 0.481 e. The van der Waals surface area contributed by atoms with Crippen molar-refractivity contribution in [1.29, 1.82) is 0 Å². The molecule has 1 aromatic heterocycles. The molecule has 2 rings (SSSR count). The van der Waals surface area contributed by atoms with Gasteiger partial charge in [-0.3, -0.25) is 19.9 Å². The first kappa shape index (κ1) is 14.4. The number of carbonyl (C=O) groups excluding carboxylic acids is 2. The van der Waals surface area contributed by atoms with Crippen LogP contribution in [-0.4, -0.2) is 28.0 Å². The molecule has 3 amide bonds. The Hall–Kier alpha value is -2.96. The van der Waals surface area contributed by atoms with E-state index in [4.69, 9.17) is 5.11 Å². The molecule has 1 aromatic carbocycles. The second-order valence-electron chi connectivity index (χ2n) is 4.31. The van der Waals surface area contributed by atoms with Gasteiger partial charge in [-0.15, -0.1) is 0 Å². The van der Waals surface area contributed by atoms with Crippen molar-refractivity contribution < 1.29 is 19.5 Å². The van der Waals surface area contributed by atoms with Gasteiger partial charge in [-0.05, 0) is 12.1 Å². The normalized spacial score (nSPS) is 10.1. The Morgan fingerprint density at radius 3 is 2.67 bits per heavy atom. The van der Waals surface area contributed by atoms with Crippen LogP contribution in [0.2, 0.25) is 0 Å². The maximum Gasteiger partial charge on any atom is 0.325 e. The molecule has 0 unspecified atom stereocenters. The van der Waals surface area contributed by atoms with Gasteiger partial charge < -0.3 is 10.4 Å². The summed E-state index contributed by atoms with van der Waals surface area (Å²) in [5.74, 6) is -1.74. The van der Waals surface area contributed by atoms with Crippen LogP contribution in [0.5, 0.6) is 0 Å². The summed E-state index contributed by atoms with van der Waals surface area (Å²) in [5, 5.41) is 13.8. The van der Waals surface area contributed by atoms with Crippen molar-refractivity contribution in [3.63, 3.8) is 0 Å². The fraction of sp³-hybridized carbons (Fsp3) is 0.143. The maximum absolute atomic E-state index is 11.6. The Kier molecular flexibility index (Phi) is 4.45. The van der Waals surface area contributed by atoms with Gasteiger partial charge in [0.1, 0.15) is 0 Å². The summed E-state index contributed by atoms with van der Waals surface area (Å²) in [5.41, 5.74) is 1.23. The standard InChI is InChI=1S/C14H13N3O4/c18-12(5-6-13(19)20)17-14(21)16-10-7-9-3-1-2-4-11(9)15-8-10/h1-4,7-8H,5-6H2,(H,19,20)(H2,16,17,18,21). The lowest BCUT2D eigenvalue weighted by Gasteiger charge is -2.06. The number of para-hydroxylation sites is 1. The number of fused-ring (bicyclic) bond motifs is 1. The van der Waals surface area contributed by atoms with Gasteiger partial charge in [0.15, 0.2) is 0 Å². The predicted molar refractivity (Wildman–Crippen MR) is 75.8 cm³/mol. The van der Waals surface area contributed by atoms with Crippen molar-refractivity contribution in [1.82, 2.24) is 10.3 Å². The van der Waals surface area contributed by atoms with E-state index in [1.165, 1.54) is 6.20 Å². The number of urea groups is 1. The van der Waals surface area contributed by atoms with E-state index >= 15 is 0 Å². The van der Waals surface area contributed by atoms with E-state index in [9.17, 15) is 14.4 Å². The number of anilines is 1. The number of nitrogens with one attached hydrogen (secondary N) is 2. The first-order valence-electron chi connectivity index (χ1n) is 6.22. The summed E-state index contributed by atoms with van der Waals surface area (Å²) in [7, 11) is 0. The van der Waals surface area contributed by atoms with E-state index in [2.05, 4.69) is 15.6 Å². The Morgan fingerprint density at radius 2 is 1.90 bits per heavy atom. The third-order valence-corrected chi connectivity index (χ3v) is 2.67. The quantitative estimate of drug-likeness (QED) is 0.793. The number of benzene rings is 1. The van der Waals surface area contributed by atoms with Gasteiger partial charge >= 0.3 is 12.0 Å². The highest BCUT2D eigenvalue weighted by Crippen LogP contribution is 2.15. The number of hydrogen-bond donors (Lipinski definition) is 3. The Balaban J connectivity index is 1.94. The van der Waals surface area contributed by atoms with Crippen molar-refractivity contribution in [3.05, 3.63) is 36.5 Å². The molecule has 3 N–H and O–H groups in total. The molecule has 108 valence electrons.